The number of hydrogen-bond acceptors (Lipinski definition) is 3. The highest BCUT2D eigenvalue weighted by molar-refractivity contribution is 5.77. The molecular weight excluding hydrogens is 319 g/mol. The maximum absolute atomic E-state index is 12.9. The van der Waals surface area contributed by atoms with Gasteiger partial charge in [-0.3, -0.25) is 9.69 Å². The highest BCUT2D eigenvalue weighted by Gasteiger charge is 2.07. The third-order valence-corrected chi connectivity index (χ3v) is 3.79. The molecule has 4 nitrogen and oxygen atoms in total. The fourth-order valence-electron chi connectivity index (χ4n) is 2.57. The summed E-state index contributed by atoms with van der Waals surface area (Å²) in [6.07, 6.45) is 0. The fraction of sp³-hybridized carbons (Fsp3) is 0.350. The van der Waals surface area contributed by atoms with E-state index in [1.165, 1.54) is 17.7 Å². The van der Waals surface area contributed by atoms with Crippen molar-refractivity contribution in [2.45, 2.75) is 20.4 Å². The number of rotatable bonds is 8. The number of nitrogens with one attached hydrogen (secondary N) is 1. The van der Waals surface area contributed by atoms with Crippen molar-refractivity contribution in [2.24, 2.45) is 0 Å². The molecule has 5 heteroatoms. The average Bonchev–Trinajstić information content (AvgIpc) is 2.55. The molecule has 0 saturated heterocycles. The Balaban J connectivity index is 1.67. The summed E-state index contributed by atoms with van der Waals surface area (Å²) in [5.74, 6) is 0.523. The molecule has 0 aliphatic heterocycles. The number of nitrogens with zero attached hydrogens (tertiary/aromatic N) is 1. The van der Waals surface area contributed by atoms with Crippen molar-refractivity contribution in [1.29, 1.82) is 0 Å². The second-order valence-electron chi connectivity index (χ2n) is 6.27. The molecule has 1 N–H and O–H groups in total. The number of ether oxygens (including phenoxy) is 1. The van der Waals surface area contributed by atoms with Crippen LogP contribution in [-0.4, -0.2) is 37.6 Å². The second-order valence-corrected chi connectivity index (χ2v) is 6.27. The van der Waals surface area contributed by atoms with Gasteiger partial charge in [-0.25, -0.2) is 4.39 Å². The monoisotopic (exact) mass is 344 g/mol. The molecule has 2 aromatic rings. The lowest BCUT2D eigenvalue weighted by Gasteiger charge is -2.16. The Labute approximate surface area is 148 Å². The maximum atomic E-state index is 12.9. The molecule has 0 fully saturated rings. The van der Waals surface area contributed by atoms with Crippen LogP contribution in [-0.2, 0) is 11.3 Å². The van der Waals surface area contributed by atoms with Crippen LogP contribution in [0.2, 0.25) is 0 Å². The quantitative estimate of drug-likeness (QED) is 0.749. The highest BCUT2D eigenvalue weighted by Crippen LogP contribution is 2.18. The van der Waals surface area contributed by atoms with E-state index in [0.717, 1.165) is 16.9 Å². The summed E-state index contributed by atoms with van der Waals surface area (Å²) in [6.45, 7) is 5.80. The Hall–Kier alpha value is -2.40. The van der Waals surface area contributed by atoms with Crippen LogP contribution >= 0.6 is 0 Å². The molecule has 0 atom stereocenters. The normalized spacial score (nSPS) is 10.8. The molecular formula is C20H25FN2O2. The van der Waals surface area contributed by atoms with Gasteiger partial charge in [0.15, 0.2) is 0 Å². The molecule has 1 amide bonds. The number of carbonyl (C=O) groups is 1. The molecule has 0 radical (unpaired) electrons. The van der Waals surface area contributed by atoms with Crippen LogP contribution in [0.3, 0.4) is 0 Å². The Kier molecular flexibility index (Phi) is 6.95. The van der Waals surface area contributed by atoms with E-state index in [1.807, 2.05) is 37.9 Å². The standard InChI is InChI=1S/C20H25FN2O2/c1-15-4-9-19(16(2)12-15)25-11-10-22-20(24)14-23(3)13-17-5-7-18(21)8-6-17/h4-9,12H,10-11,13-14H2,1-3H3,(H,22,24). The smallest absolute Gasteiger partial charge is 0.234 e. The van der Waals surface area contributed by atoms with Gasteiger partial charge < -0.3 is 10.1 Å². The van der Waals surface area contributed by atoms with Crippen LogP contribution < -0.4 is 10.1 Å². The van der Waals surface area contributed by atoms with Gasteiger partial charge in [0.25, 0.3) is 0 Å². The van der Waals surface area contributed by atoms with E-state index in [4.69, 9.17) is 4.74 Å². The number of aryl methyl sites for hydroxylation is 2. The minimum atomic E-state index is -0.257. The lowest BCUT2D eigenvalue weighted by molar-refractivity contribution is -0.122. The summed E-state index contributed by atoms with van der Waals surface area (Å²) < 4.78 is 18.6. The van der Waals surface area contributed by atoms with Crippen molar-refractivity contribution >= 4 is 5.91 Å². The van der Waals surface area contributed by atoms with Crippen LogP contribution in [0.5, 0.6) is 5.75 Å². The largest absolute Gasteiger partial charge is 0.491 e. The Morgan fingerprint density at radius 3 is 2.56 bits per heavy atom. The minimum Gasteiger partial charge on any atom is -0.491 e. The maximum Gasteiger partial charge on any atom is 0.234 e. The molecule has 0 aliphatic carbocycles. The van der Waals surface area contributed by atoms with Crippen molar-refractivity contribution in [3.05, 3.63) is 65.0 Å². The average molecular weight is 344 g/mol. The first-order valence-corrected chi connectivity index (χ1v) is 8.34. The Morgan fingerprint density at radius 2 is 1.88 bits per heavy atom. The van der Waals surface area contributed by atoms with Crippen molar-refractivity contribution in [3.8, 4) is 5.75 Å². The molecule has 0 aromatic heterocycles. The first-order chi connectivity index (χ1) is 11.9. The van der Waals surface area contributed by atoms with E-state index >= 15 is 0 Å². The first kappa shape index (κ1) is 18.9. The van der Waals surface area contributed by atoms with E-state index in [1.54, 1.807) is 12.1 Å². The van der Waals surface area contributed by atoms with E-state index in [9.17, 15) is 9.18 Å². The van der Waals surface area contributed by atoms with Crippen LogP contribution in [0, 0.1) is 19.7 Å². The zero-order chi connectivity index (χ0) is 18.2. The van der Waals surface area contributed by atoms with Gasteiger partial charge in [-0.05, 0) is 50.2 Å². The highest BCUT2D eigenvalue weighted by atomic mass is 19.1. The summed E-state index contributed by atoms with van der Waals surface area (Å²) in [6, 6.07) is 12.3. The molecule has 0 spiro atoms. The van der Waals surface area contributed by atoms with Crippen molar-refractivity contribution in [1.82, 2.24) is 10.2 Å². The van der Waals surface area contributed by atoms with Gasteiger partial charge in [-0.2, -0.15) is 0 Å². The number of carbonyl (C=O) groups excluding carboxylic acids is 1. The van der Waals surface area contributed by atoms with Gasteiger partial charge in [0, 0.05) is 6.54 Å². The molecule has 0 saturated carbocycles. The number of amides is 1. The van der Waals surface area contributed by atoms with Crippen molar-refractivity contribution < 1.29 is 13.9 Å². The number of benzene rings is 2. The molecule has 0 heterocycles. The summed E-state index contributed by atoms with van der Waals surface area (Å²) >= 11 is 0. The Morgan fingerprint density at radius 1 is 1.16 bits per heavy atom. The molecule has 0 aliphatic rings. The van der Waals surface area contributed by atoms with Gasteiger partial charge >= 0.3 is 0 Å². The van der Waals surface area contributed by atoms with Gasteiger partial charge in [0.05, 0.1) is 13.1 Å². The first-order valence-electron chi connectivity index (χ1n) is 8.34. The second kappa shape index (κ2) is 9.18. The van der Waals surface area contributed by atoms with Gasteiger partial charge in [-0.15, -0.1) is 0 Å². The third kappa shape index (κ3) is 6.55. The minimum absolute atomic E-state index is 0.0613. The van der Waals surface area contributed by atoms with Crippen LogP contribution in [0.4, 0.5) is 4.39 Å². The summed E-state index contributed by atoms with van der Waals surface area (Å²) in [4.78, 5) is 13.8. The number of halogens is 1. The van der Waals surface area contributed by atoms with Crippen LogP contribution in [0.25, 0.3) is 0 Å². The molecule has 25 heavy (non-hydrogen) atoms. The summed E-state index contributed by atoms with van der Waals surface area (Å²) in [7, 11) is 1.86. The summed E-state index contributed by atoms with van der Waals surface area (Å²) in [5.41, 5.74) is 3.25. The predicted octanol–water partition coefficient (Wildman–Crippen LogP) is 3.07. The van der Waals surface area contributed by atoms with E-state index in [0.29, 0.717) is 19.7 Å². The van der Waals surface area contributed by atoms with E-state index in [2.05, 4.69) is 11.4 Å². The SMILES string of the molecule is Cc1ccc(OCCNC(=O)CN(C)Cc2ccc(F)cc2)c(C)c1. The number of likely N-dealkylation sites (N-methyl/N-ethyl adjacent to an activating group) is 1. The van der Waals surface area contributed by atoms with Gasteiger partial charge in [-0.1, -0.05) is 29.8 Å². The summed E-state index contributed by atoms with van der Waals surface area (Å²) in [5, 5.41) is 2.84. The molecule has 134 valence electrons. The van der Waals surface area contributed by atoms with Crippen LogP contribution in [0.1, 0.15) is 16.7 Å². The molecule has 0 bridgehead atoms. The zero-order valence-electron chi connectivity index (χ0n) is 15.0. The third-order valence-electron chi connectivity index (χ3n) is 3.79. The van der Waals surface area contributed by atoms with Crippen molar-refractivity contribution in [3.63, 3.8) is 0 Å². The topological polar surface area (TPSA) is 41.6 Å². The van der Waals surface area contributed by atoms with E-state index < -0.39 is 0 Å². The Bertz CT molecular complexity index is 701. The fourth-order valence-corrected chi connectivity index (χ4v) is 2.57. The predicted molar refractivity (Wildman–Crippen MR) is 97.2 cm³/mol. The van der Waals surface area contributed by atoms with Crippen molar-refractivity contribution in [2.75, 3.05) is 26.7 Å². The number of hydrogen-bond donors (Lipinski definition) is 1. The molecule has 0 unspecified atom stereocenters. The van der Waals surface area contributed by atoms with Gasteiger partial charge in [0.1, 0.15) is 18.2 Å². The molecule has 2 aromatic carbocycles. The zero-order valence-corrected chi connectivity index (χ0v) is 15.0. The van der Waals surface area contributed by atoms with Gasteiger partial charge in [0.2, 0.25) is 5.91 Å². The lowest BCUT2D eigenvalue weighted by Crippen LogP contribution is -2.36. The van der Waals surface area contributed by atoms with E-state index in [-0.39, 0.29) is 18.3 Å². The molecule has 2 rings (SSSR count). The lowest BCUT2D eigenvalue weighted by atomic mass is 10.1. The van der Waals surface area contributed by atoms with Crippen LogP contribution in [0.15, 0.2) is 42.5 Å².